The van der Waals surface area contributed by atoms with E-state index >= 15 is 0 Å². The second-order valence-electron chi connectivity index (χ2n) is 7.33. The highest BCUT2D eigenvalue weighted by molar-refractivity contribution is 7.10. The zero-order chi connectivity index (χ0) is 18.5. The summed E-state index contributed by atoms with van der Waals surface area (Å²) < 4.78 is 11.6. The normalized spacial score (nSPS) is 25.1. The molecule has 6 heteroatoms. The zero-order valence-corrected chi connectivity index (χ0v) is 16.2. The highest BCUT2D eigenvalue weighted by atomic mass is 32.1. The predicted octanol–water partition coefficient (Wildman–Crippen LogP) is 2.43. The number of rotatable bonds is 7. The van der Waals surface area contributed by atoms with Crippen LogP contribution in [0.3, 0.4) is 0 Å². The van der Waals surface area contributed by atoms with Gasteiger partial charge in [-0.15, -0.1) is 11.3 Å². The third kappa shape index (κ3) is 4.89. The van der Waals surface area contributed by atoms with Gasteiger partial charge in [-0.1, -0.05) is 24.3 Å². The Morgan fingerprint density at radius 1 is 1.15 bits per heavy atom. The Morgan fingerprint density at radius 2 is 1.93 bits per heavy atom. The SMILES string of the molecule is O=C(Cc1cccs1)NC1C2COCC1CN(CCOc1ccccc1)C2. The van der Waals surface area contributed by atoms with Crippen molar-refractivity contribution in [2.75, 3.05) is 39.5 Å². The minimum atomic E-state index is 0.125. The van der Waals surface area contributed by atoms with E-state index in [1.54, 1.807) is 11.3 Å². The van der Waals surface area contributed by atoms with E-state index in [4.69, 9.17) is 9.47 Å². The number of amides is 1. The number of hydrogen-bond donors (Lipinski definition) is 1. The van der Waals surface area contributed by atoms with Crippen molar-refractivity contribution in [1.82, 2.24) is 10.2 Å². The van der Waals surface area contributed by atoms with Gasteiger partial charge in [-0.25, -0.2) is 0 Å². The molecule has 27 heavy (non-hydrogen) atoms. The van der Waals surface area contributed by atoms with Crippen molar-refractivity contribution in [2.45, 2.75) is 12.5 Å². The molecule has 3 heterocycles. The Morgan fingerprint density at radius 3 is 2.63 bits per heavy atom. The van der Waals surface area contributed by atoms with E-state index in [0.29, 0.717) is 24.9 Å². The number of ether oxygens (including phenoxy) is 2. The molecule has 2 fully saturated rings. The van der Waals surface area contributed by atoms with Gasteiger partial charge in [0, 0.05) is 42.4 Å². The van der Waals surface area contributed by atoms with Gasteiger partial charge in [0.2, 0.25) is 5.91 Å². The first-order valence-corrected chi connectivity index (χ1v) is 10.5. The van der Waals surface area contributed by atoms with Crippen LogP contribution in [0.15, 0.2) is 47.8 Å². The number of carbonyl (C=O) groups excluding carboxylic acids is 1. The molecular formula is C21H26N2O3S. The van der Waals surface area contributed by atoms with Crippen LogP contribution < -0.4 is 10.1 Å². The molecule has 2 aromatic rings. The van der Waals surface area contributed by atoms with Gasteiger partial charge < -0.3 is 14.8 Å². The maximum atomic E-state index is 12.4. The average Bonchev–Trinajstić information content (AvgIpc) is 3.16. The van der Waals surface area contributed by atoms with Crippen molar-refractivity contribution in [3.63, 3.8) is 0 Å². The van der Waals surface area contributed by atoms with Crippen LogP contribution in [0.1, 0.15) is 4.88 Å². The molecule has 2 saturated heterocycles. The van der Waals surface area contributed by atoms with Gasteiger partial charge in [0.1, 0.15) is 12.4 Å². The van der Waals surface area contributed by atoms with Crippen molar-refractivity contribution in [1.29, 1.82) is 0 Å². The summed E-state index contributed by atoms with van der Waals surface area (Å²) in [7, 11) is 0. The molecule has 0 spiro atoms. The van der Waals surface area contributed by atoms with Gasteiger partial charge in [-0.05, 0) is 23.6 Å². The molecular weight excluding hydrogens is 360 g/mol. The molecule has 1 N–H and O–H groups in total. The molecule has 2 unspecified atom stereocenters. The van der Waals surface area contributed by atoms with Crippen LogP contribution >= 0.6 is 11.3 Å². The van der Waals surface area contributed by atoms with Crippen molar-refractivity contribution >= 4 is 17.2 Å². The van der Waals surface area contributed by atoms with Crippen LogP contribution in [0.25, 0.3) is 0 Å². The van der Waals surface area contributed by atoms with Crippen molar-refractivity contribution in [3.8, 4) is 5.75 Å². The minimum absolute atomic E-state index is 0.125. The van der Waals surface area contributed by atoms with E-state index in [1.165, 1.54) is 0 Å². The lowest BCUT2D eigenvalue weighted by Gasteiger charge is -2.47. The number of likely N-dealkylation sites (tertiary alicyclic amines) is 1. The zero-order valence-electron chi connectivity index (χ0n) is 15.4. The Kier molecular flexibility index (Phi) is 6.07. The quantitative estimate of drug-likeness (QED) is 0.794. The second kappa shape index (κ2) is 8.87. The van der Waals surface area contributed by atoms with Crippen LogP contribution in [-0.4, -0.2) is 56.3 Å². The van der Waals surface area contributed by atoms with E-state index in [1.807, 2.05) is 47.8 Å². The molecule has 1 aromatic heterocycles. The summed E-state index contributed by atoms with van der Waals surface area (Å²) in [6.07, 6.45) is 0.475. The van der Waals surface area contributed by atoms with Crippen molar-refractivity contribution in [2.24, 2.45) is 11.8 Å². The van der Waals surface area contributed by atoms with Crippen LogP contribution in [0.4, 0.5) is 0 Å². The fourth-order valence-electron chi connectivity index (χ4n) is 4.07. The summed E-state index contributed by atoms with van der Waals surface area (Å²) in [5.41, 5.74) is 0. The second-order valence-corrected chi connectivity index (χ2v) is 8.36. The monoisotopic (exact) mass is 386 g/mol. The highest BCUT2D eigenvalue weighted by Crippen LogP contribution is 2.28. The van der Waals surface area contributed by atoms with Crippen LogP contribution in [0, 0.1) is 11.8 Å². The van der Waals surface area contributed by atoms with Crippen LogP contribution in [0.2, 0.25) is 0 Å². The lowest BCUT2D eigenvalue weighted by molar-refractivity contribution is -0.126. The number of hydrogen-bond acceptors (Lipinski definition) is 5. The van der Waals surface area contributed by atoms with E-state index in [0.717, 1.165) is 43.5 Å². The Balaban J connectivity index is 1.27. The lowest BCUT2D eigenvalue weighted by Crippen LogP contribution is -2.61. The van der Waals surface area contributed by atoms with Crippen LogP contribution in [0.5, 0.6) is 5.75 Å². The lowest BCUT2D eigenvalue weighted by atomic mass is 9.82. The number of fused-ring (bicyclic) bond motifs is 2. The number of thiophene rings is 1. The summed E-state index contributed by atoms with van der Waals surface area (Å²) in [5, 5.41) is 5.31. The number of carbonyl (C=O) groups is 1. The summed E-state index contributed by atoms with van der Waals surface area (Å²) in [6, 6.07) is 14.2. The van der Waals surface area contributed by atoms with Gasteiger partial charge in [0.05, 0.1) is 19.6 Å². The molecule has 1 amide bonds. The number of benzene rings is 1. The Labute approximate surface area is 164 Å². The molecule has 2 aliphatic rings. The number of para-hydroxylation sites is 1. The molecule has 1 aromatic carbocycles. The minimum Gasteiger partial charge on any atom is -0.492 e. The largest absolute Gasteiger partial charge is 0.492 e. The van der Waals surface area contributed by atoms with Gasteiger partial charge in [-0.3, -0.25) is 9.69 Å². The Bertz CT molecular complexity index is 708. The molecule has 2 atom stereocenters. The topological polar surface area (TPSA) is 50.8 Å². The Hall–Kier alpha value is -1.89. The van der Waals surface area contributed by atoms with E-state index in [9.17, 15) is 4.79 Å². The summed E-state index contributed by atoms with van der Waals surface area (Å²) >= 11 is 1.63. The van der Waals surface area contributed by atoms with Gasteiger partial charge >= 0.3 is 0 Å². The molecule has 0 radical (unpaired) electrons. The smallest absolute Gasteiger partial charge is 0.225 e. The first-order chi connectivity index (χ1) is 13.3. The standard InChI is InChI=1S/C21H26N2O3S/c24-20(11-19-7-4-10-27-19)22-21-16-12-23(13-17(21)15-25-14-16)8-9-26-18-5-2-1-3-6-18/h1-7,10,16-17,21H,8-9,11-15H2,(H,22,24). The first-order valence-electron chi connectivity index (χ1n) is 9.57. The highest BCUT2D eigenvalue weighted by Gasteiger charge is 2.40. The van der Waals surface area contributed by atoms with Crippen molar-refractivity contribution < 1.29 is 14.3 Å². The van der Waals surface area contributed by atoms with Gasteiger partial charge in [0.25, 0.3) is 0 Å². The number of piperidine rings is 1. The third-order valence-electron chi connectivity index (χ3n) is 5.33. The van der Waals surface area contributed by atoms with E-state index < -0.39 is 0 Å². The van der Waals surface area contributed by atoms with Crippen LogP contribution in [-0.2, 0) is 16.0 Å². The molecule has 0 aliphatic carbocycles. The maximum absolute atomic E-state index is 12.4. The fraction of sp³-hybridized carbons (Fsp3) is 0.476. The van der Waals surface area contributed by atoms with Gasteiger partial charge in [-0.2, -0.15) is 0 Å². The van der Waals surface area contributed by atoms with E-state index in [2.05, 4.69) is 10.2 Å². The van der Waals surface area contributed by atoms with E-state index in [-0.39, 0.29) is 11.9 Å². The molecule has 144 valence electrons. The average molecular weight is 387 g/mol. The summed E-state index contributed by atoms with van der Waals surface area (Å²) in [4.78, 5) is 16.0. The summed E-state index contributed by atoms with van der Waals surface area (Å²) in [6.45, 7) is 4.90. The molecule has 2 aliphatic heterocycles. The molecule has 0 saturated carbocycles. The first kappa shape index (κ1) is 18.5. The molecule has 5 nitrogen and oxygen atoms in total. The number of nitrogens with zero attached hydrogens (tertiary/aromatic N) is 1. The van der Waals surface area contributed by atoms with Gasteiger partial charge in [0.15, 0.2) is 0 Å². The summed E-state index contributed by atoms with van der Waals surface area (Å²) in [5.74, 6) is 1.74. The number of nitrogens with one attached hydrogen (secondary N) is 1. The predicted molar refractivity (Wildman–Crippen MR) is 106 cm³/mol. The fourth-order valence-corrected chi connectivity index (χ4v) is 4.77. The molecule has 2 bridgehead atoms. The van der Waals surface area contributed by atoms with Crippen molar-refractivity contribution in [3.05, 3.63) is 52.7 Å². The molecule has 4 rings (SSSR count). The third-order valence-corrected chi connectivity index (χ3v) is 6.20. The maximum Gasteiger partial charge on any atom is 0.225 e.